The maximum absolute atomic E-state index is 12.7. The first kappa shape index (κ1) is 14.2. The lowest BCUT2D eigenvalue weighted by Gasteiger charge is -2.11. The van der Waals surface area contributed by atoms with Crippen molar-refractivity contribution in [3.05, 3.63) is 71.5 Å². The van der Waals surface area contributed by atoms with Crippen LogP contribution in [0.25, 0.3) is 0 Å². The molecule has 2 aromatic rings. The Morgan fingerprint density at radius 3 is 2.40 bits per heavy atom. The monoisotopic (exact) mass is 273 g/mol. The van der Waals surface area contributed by atoms with Gasteiger partial charge < -0.3 is 10.4 Å². The summed E-state index contributed by atoms with van der Waals surface area (Å²) in [6.45, 7) is 0.397. The Hall–Kier alpha value is -2.20. The molecule has 0 aliphatic carbocycles. The van der Waals surface area contributed by atoms with Gasteiger partial charge in [0.2, 0.25) is 0 Å². The van der Waals surface area contributed by atoms with Crippen molar-refractivity contribution < 1.29 is 14.3 Å². The van der Waals surface area contributed by atoms with Crippen molar-refractivity contribution in [2.45, 2.75) is 12.5 Å². The van der Waals surface area contributed by atoms with Crippen LogP contribution in [0.2, 0.25) is 0 Å². The zero-order chi connectivity index (χ0) is 14.4. The van der Waals surface area contributed by atoms with E-state index in [-0.39, 0.29) is 5.82 Å². The van der Waals surface area contributed by atoms with Crippen molar-refractivity contribution in [3.8, 4) is 0 Å². The van der Waals surface area contributed by atoms with Gasteiger partial charge >= 0.3 is 0 Å². The number of aliphatic hydroxyl groups is 1. The maximum Gasteiger partial charge on any atom is 0.253 e. The van der Waals surface area contributed by atoms with Gasteiger partial charge in [0, 0.05) is 6.54 Å². The van der Waals surface area contributed by atoms with Crippen molar-refractivity contribution in [1.29, 1.82) is 0 Å². The molecule has 0 aliphatic rings. The van der Waals surface area contributed by atoms with Crippen LogP contribution >= 0.6 is 0 Å². The minimum Gasteiger partial charge on any atom is -0.378 e. The first-order chi connectivity index (χ1) is 9.66. The summed E-state index contributed by atoms with van der Waals surface area (Å²) in [7, 11) is 0. The molecule has 0 fully saturated rings. The summed E-state index contributed by atoms with van der Waals surface area (Å²) in [4.78, 5) is 11.8. The highest BCUT2D eigenvalue weighted by atomic mass is 19.1. The highest BCUT2D eigenvalue weighted by Crippen LogP contribution is 2.11. The predicted octanol–water partition coefficient (Wildman–Crippen LogP) is 2.22. The Kier molecular flexibility index (Phi) is 4.85. The fourth-order valence-corrected chi connectivity index (χ4v) is 1.86. The molecule has 1 unspecified atom stereocenters. The summed E-state index contributed by atoms with van der Waals surface area (Å²) < 4.78 is 12.7. The van der Waals surface area contributed by atoms with Gasteiger partial charge in [-0.05, 0) is 29.7 Å². The lowest BCUT2D eigenvalue weighted by atomic mass is 10.1. The molecule has 2 aromatic carbocycles. The number of benzene rings is 2. The molecule has 2 N–H and O–H groups in total. The molecule has 3 nitrogen and oxygen atoms in total. The molecule has 1 atom stereocenters. The number of hydrogen-bond donors (Lipinski definition) is 2. The molecule has 2 rings (SSSR count). The van der Waals surface area contributed by atoms with E-state index >= 15 is 0 Å². The van der Waals surface area contributed by atoms with Gasteiger partial charge in [-0.2, -0.15) is 0 Å². The van der Waals surface area contributed by atoms with E-state index in [2.05, 4.69) is 5.32 Å². The van der Waals surface area contributed by atoms with Gasteiger partial charge in [0.05, 0.1) is 0 Å². The van der Waals surface area contributed by atoms with Crippen molar-refractivity contribution in [1.82, 2.24) is 5.32 Å². The molecule has 4 heteroatoms. The predicted molar refractivity (Wildman–Crippen MR) is 74.5 cm³/mol. The molecule has 0 saturated heterocycles. The average molecular weight is 273 g/mol. The highest BCUT2D eigenvalue weighted by Gasteiger charge is 2.15. The fraction of sp³-hybridized carbons (Fsp3) is 0.188. The number of aliphatic hydroxyl groups excluding tert-OH is 1. The van der Waals surface area contributed by atoms with E-state index in [4.69, 9.17) is 0 Å². The third-order valence-corrected chi connectivity index (χ3v) is 2.99. The molecule has 0 aromatic heterocycles. The minimum atomic E-state index is -1.16. The molecule has 0 aliphatic heterocycles. The summed E-state index contributed by atoms with van der Waals surface area (Å²) >= 11 is 0. The number of amides is 1. The van der Waals surface area contributed by atoms with E-state index in [1.54, 1.807) is 36.4 Å². The molecular weight excluding hydrogens is 257 g/mol. The van der Waals surface area contributed by atoms with Crippen LogP contribution in [0.3, 0.4) is 0 Å². The first-order valence-corrected chi connectivity index (χ1v) is 6.42. The number of carbonyl (C=O) groups excluding carboxylic acids is 1. The van der Waals surface area contributed by atoms with Crippen LogP contribution in [0.1, 0.15) is 17.2 Å². The normalized spacial score (nSPS) is 11.9. The first-order valence-electron chi connectivity index (χ1n) is 6.42. The number of hydrogen-bond acceptors (Lipinski definition) is 2. The molecule has 0 saturated carbocycles. The largest absolute Gasteiger partial charge is 0.378 e. The third-order valence-electron chi connectivity index (χ3n) is 2.99. The lowest BCUT2D eigenvalue weighted by Crippen LogP contribution is -2.30. The maximum atomic E-state index is 12.7. The van der Waals surface area contributed by atoms with Crippen LogP contribution in [-0.2, 0) is 11.2 Å². The topological polar surface area (TPSA) is 49.3 Å². The fourth-order valence-electron chi connectivity index (χ4n) is 1.86. The molecular formula is C16H16FNO2. The Labute approximate surface area is 117 Å². The van der Waals surface area contributed by atoms with Crippen molar-refractivity contribution in [3.63, 3.8) is 0 Å². The Morgan fingerprint density at radius 2 is 1.75 bits per heavy atom. The van der Waals surface area contributed by atoms with Gasteiger partial charge in [0.15, 0.2) is 6.10 Å². The van der Waals surface area contributed by atoms with Gasteiger partial charge in [-0.15, -0.1) is 0 Å². The smallest absolute Gasteiger partial charge is 0.253 e. The van der Waals surface area contributed by atoms with Crippen molar-refractivity contribution in [2.24, 2.45) is 0 Å². The van der Waals surface area contributed by atoms with Gasteiger partial charge in [-0.3, -0.25) is 4.79 Å². The Morgan fingerprint density at radius 1 is 1.10 bits per heavy atom. The van der Waals surface area contributed by atoms with Crippen molar-refractivity contribution in [2.75, 3.05) is 6.54 Å². The molecule has 104 valence electrons. The zero-order valence-electron chi connectivity index (χ0n) is 10.9. The summed E-state index contributed by atoms with van der Waals surface area (Å²) in [5, 5.41) is 12.5. The summed E-state index contributed by atoms with van der Waals surface area (Å²) in [5.74, 6) is -0.712. The van der Waals surface area contributed by atoms with E-state index in [1.807, 2.05) is 6.07 Å². The minimum absolute atomic E-state index is 0.280. The van der Waals surface area contributed by atoms with Gasteiger partial charge in [0.1, 0.15) is 5.82 Å². The summed E-state index contributed by atoms with van der Waals surface area (Å²) in [6.07, 6.45) is -0.572. The molecule has 0 heterocycles. The molecule has 0 bridgehead atoms. The van der Waals surface area contributed by atoms with Crippen LogP contribution < -0.4 is 5.32 Å². The number of carbonyl (C=O) groups is 1. The molecule has 0 spiro atoms. The number of halogens is 1. The van der Waals surface area contributed by atoms with E-state index in [0.717, 1.165) is 5.56 Å². The van der Waals surface area contributed by atoms with Crippen molar-refractivity contribution >= 4 is 5.91 Å². The van der Waals surface area contributed by atoms with Crippen LogP contribution in [0.15, 0.2) is 54.6 Å². The van der Waals surface area contributed by atoms with E-state index in [9.17, 15) is 14.3 Å². The molecule has 20 heavy (non-hydrogen) atoms. The summed E-state index contributed by atoms with van der Waals surface area (Å²) in [6, 6.07) is 14.9. The standard InChI is InChI=1S/C16H16FNO2/c17-14-8-6-12(7-9-14)10-11-18-16(20)15(19)13-4-2-1-3-5-13/h1-9,15,19H,10-11H2,(H,18,20). The zero-order valence-corrected chi connectivity index (χ0v) is 10.9. The highest BCUT2D eigenvalue weighted by molar-refractivity contribution is 5.81. The quantitative estimate of drug-likeness (QED) is 0.877. The molecule has 1 amide bonds. The van der Waals surface area contributed by atoms with Gasteiger partial charge in [0.25, 0.3) is 5.91 Å². The summed E-state index contributed by atoms with van der Waals surface area (Å²) in [5.41, 5.74) is 1.49. The Bertz CT molecular complexity index is 554. The van der Waals surface area contributed by atoms with Crippen LogP contribution in [0.5, 0.6) is 0 Å². The van der Waals surface area contributed by atoms with Gasteiger partial charge in [-0.25, -0.2) is 4.39 Å². The lowest BCUT2D eigenvalue weighted by molar-refractivity contribution is -0.129. The second kappa shape index (κ2) is 6.82. The Balaban J connectivity index is 1.82. The second-order valence-electron chi connectivity index (χ2n) is 4.48. The van der Waals surface area contributed by atoms with Crippen LogP contribution in [-0.4, -0.2) is 17.6 Å². The van der Waals surface area contributed by atoms with Crippen LogP contribution in [0.4, 0.5) is 4.39 Å². The third kappa shape index (κ3) is 3.90. The number of rotatable bonds is 5. The molecule has 0 radical (unpaired) electrons. The number of nitrogens with one attached hydrogen (secondary N) is 1. The van der Waals surface area contributed by atoms with E-state index in [0.29, 0.717) is 18.5 Å². The van der Waals surface area contributed by atoms with Gasteiger partial charge in [-0.1, -0.05) is 42.5 Å². The second-order valence-corrected chi connectivity index (χ2v) is 4.48. The van der Waals surface area contributed by atoms with E-state index in [1.165, 1.54) is 12.1 Å². The SMILES string of the molecule is O=C(NCCc1ccc(F)cc1)C(O)c1ccccc1. The van der Waals surface area contributed by atoms with E-state index < -0.39 is 12.0 Å². The average Bonchev–Trinajstić information content (AvgIpc) is 2.49. The van der Waals surface area contributed by atoms with Crippen LogP contribution in [0, 0.1) is 5.82 Å².